The van der Waals surface area contributed by atoms with Gasteiger partial charge in [-0.3, -0.25) is 4.90 Å². The van der Waals surface area contributed by atoms with Gasteiger partial charge in [-0.15, -0.1) is 0 Å². The molecule has 0 atom stereocenters. The summed E-state index contributed by atoms with van der Waals surface area (Å²) in [5.74, 6) is 0.525. The van der Waals surface area contributed by atoms with Crippen molar-refractivity contribution in [3.8, 4) is 0 Å². The average molecular weight is 322 g/mol. The number of rotatable bonds is 7. The highest BCUT2D eigenvalue weighted by Gasteiger charge is 2.09. The second-order valence-electron chi connectivity index (χ2n) is 5.52. The standard InChI is InChI=1S/C17H27FN4O/c1-2-19-17(21-14-15-6-3-4-7-16(15)18)20-8-5-9-22-10-12-23-13-11-22/h3-4,6-7H,2,5,8-14H2,1H3,(H2,19,20,21). The molecule has 0 saturated carbocycles. The molecule has 0 aromatic heterocycles. The van der Waals surface area contributed by atoms with Gasteiger partial charge in [0.15, 0.2) is 5.96 Å². The Kier molecular flexibility index (Phi) is 7.83. The molecular formula is C17H27FN4O. The first kappa shape index (κ1) is 17.7. The molecule has 1 heterocycles. The van der Waals surface area contributed by atoms with Crippen LogP contribution in [0.5, 0.6) is 0 Å². The van der Waals surface area contributed by atoms with Gasteiger partial charge in [-0.1, -0.05) is 18.2 Å². The quantitative estimate of drug-likeness (QED) is 0.455. The van der Waals surface area contributed by atoms with Crippen molar-refractivity contribution in [1.82, 2.24) is 15.5 Å². The first-order chi connectivity index (χ1) is 11.3. The van der Waals surface area contributed by atoms with Crippen LogP contribution in [0, 0.1) is 5.82 Å². The van der Waals surface area contributed by atoms with E-state index in [-0.39, 0.29) is 5.82 Å². The largest absolute Gasteiger partial charge is 0.379 e. The second-order valence-corrected chi connectivity index (χ2v) is 5.52. The monoisotopic (exact) mass is 322 g/mol. The van der Waals surface area contributed by atoms with Crippen molar-refractivity contribution in [2.24, 2.45) is 4.99 Å². The Balaban J connectivity index is 1.74. The van der Waals surface area contributed by atoms with Crippen molar-refractivity contribution >= 4 is 5.96 Å². The lowest BCUT2D eigenvalue weighted by Crippen LogP contribution is -2.40. The fourth-order valence-electron chi connectivity index (χ4n) is 2.47. The van der Waals surface area contributed by atoms with Gasteiger partial charge < -0.3 is 15.4 Å². The Morgan fingerprint density at radius 2 is 2.04 bits per heavy atom. The number of nitrogens with zero attached hydrogens (tertiary/aromatic N) is 2. The van der Waals surface area contributed by atoms with E-state index in [0.717, 1.165) is 58.3 Å². The lowest BCUT2D eigenvalue weighted by atomic mass is 10.2. The van der Waals surface area contributed by atoms with E-state index in [1.165, 1.54) is 6.07 Å². The number of halogens is 1. The van der Waals surface area contributed by atoms with Crippen LogP contribution in [0.4, 0.5) is 4.39 Å². The van der Waals surface area contributed by atoms with Crippen LogP contribution >= 0.6 is 0 Å². The molecule has 0 radical (unpaired) electrons. The summed E-state index contributed by atoms with van der Waals surface area (Å²) in [5, 5.41) is 6.50. The first-order valence-electron chi connectivity index (χ1n) is 8.35. The molecule has 6 heteroatoms. The summed E-state index contributed by atoms with van der Waals surface area (Å²) >= 11 is 0. The molecule has 0 unspecified atom stereocenters. The molecule has 0 spiro atoms. The fourth-order valence-corrected chi connectivity index (χ4v) is 2.47. The number of hydrogen-bond acceptors (Lipinski definition) is 3. The molecule has 128 valence electrons. The highest BCUT2D eigenvalue weighted by Crippen LogP contribution is 2.07. The molecule has 2 N–H and O–H groups in total. The molecule has 0 amide bonds. The van der Waals surface area contributed by atoms with E-state index >= 15 is 0 Å². The maximum absolute atomic E-state index is 13.6. The Labute approximate surface area is 137 Å². The van der Waals surface area contributed by atoms with Gasteiger partial charge in [0.1, 0.15) is 5.82 Å². The van der Waals surface area contributed by atoms with E-state index in [2.05, 4.69) is 20.5 Å². The predicted octanol–water partition coefficient (Wildman–Crippen LogP) is 1.60. The number of morpholine rings is 1. The number of aliphatic imine (C=N–C) groups is 1. The molecule has 1 aromatic rings. The molecule has 5 nitrogen and oxygen atoms in total. The normalized spacial score (nSPS) is 16.3. The van der Waals surface area contributed by atoms with Gasteiger partial charge in [-0.05, 0) is 26.0 Å². The van der Waals surface area contributed by atoms with Gasteiger partial charge in [-0.25, -0.2) is 9.38 Å². The summed E-state index contributed by atoms with van der Waals surface area (Å²) in [6.07, 6.45) is 1.05. The average Bonchev–Trinajstić information content (AvgIpc) is 2.58. The number of nitrogens with one attached hydrogen (secondary N) is 2. The molecular weight excluding hydrogens is 295 g/mol. The third-order valence-corrected chi connectivity index (χ3v) is 3.76. The van der Waals surface area contributed by atoms with Crippen molar-refractivity contribution in [1.29, 1.82) is 0 Å². The smallest absolute Gasteiger partial charge is 0.191 e. The highest BCUT2D eigenvalue weighted by atomic mass is 19.1. The third kappa shape index (κ3) is 6.54. The minimum absolute atomic E-state index is 0.209. The summed E-state index contributed by atoms with van der Waals surface area (Å²) in [4.78, 5) is 6.86. The molecule has 2 rings (SSSR count). The van der Waals surface area contributed by atoms with Crippen LogP contribution in [0.1, 0.15) is 18.9 Å². The molecule has 23 heavy (non-hydrogen) atoms. The van der Waals surface area contributed by atoms with Crippen molar-refractivity contribution in [2.75, 3.05) is 45.9 Å². The van der Waals surface area contributed by atoms with Gasteiger partial charge in [0.2, 0.25) is 0 Å². The van der Waals surface area contributed by atoms with Crippen molar-refractivity contribution in [2.45, 2.75) is 19.9 Å². The molecule has 1 aliphatic heterocycles. The molecule has 1 fully saturated rings. The molecule has 0 bridgehead atoms. The lowest BCUT2D eigenvalue weighted by molar-refractivity contribution is 0.0376. The SMILES string of the molecule is CCNC(=NCc1ccccc1F)NCCCN1CCOCC1. The van der Waals surface area contributed by atoms with Crippen LogP contribution in [0.2, 0.25) is 0 Å². The van der Waals surface area contributed by atoms with Crippen LogP contribution in [-0.2, 0) is 11.3 Å². The van der Waals surface area contributed by atoms with Gasteiger partial charge >= 0.3 is 0 Å². The summed E-state index contributed by atoms with van der Waals surface area (Å²) in [6, 6.07) is 6.75. The third-order valence-electron chi connectivity index (χ3n) is 3.76. The van der Waals surface area contributed by atoms with Gasteiger partial charge in [0, 0.05) is 31.7 Å². The van der Waals surface area contributed by atoms with Gasteiger partial charge in [0.25, 0.3) is 0 Å². The number of benzene rings is 1. The zero-order valence-electron chi connectivity index (χ0n) is 13.9. The van der Waals surface area contributed by atoms with Crippen molar-refractivity contribution < 1.29 is 9.13 Å². The van der Waals surface area contributed by atoms with E-state index in [1.807, 2.05) is 13.0 Å². The van der Waals surface area contributed by atoms with Crippen LogP contribution in [0.25, 0.3) is 0 Å². The van der Waals surface area contributed by atoms with E-state index in [9.17, 15) is 4.39 Å². The maximum Gasteiger partial charge on any atom is 0.191 e. The number of hydrogen-bond donors (Lipinski definition) is 2. The molecule has 1 saturated heterocycles. The van der Waals surface area contributed by atoms with Crippen LogP contribution in [0.15, 0.2) is 29.3 Å². The summed E-state index contributed by atoms with van der Waals surface area (Å²) in [7, 11) is 0. The number of ether oxygens (including phenoxy) is 1. The highest BCUT2D eigenvalue weighted by molar-refractivity contribution is 5.79. The topological polar surface area (TPSA) is 48.9 Å². The summed E-state index contributed by atoms with van der Waals surface area (Å²) in [5.41, 5.74) is 0.609. The molecule has 1 aromatic carbocycles. The van der Waals surface area contributed by atoms with Crippen molar-refractivity contribution in [3.63, 3.8) is 0 Å². The lowest BCUT2D eigenvalue weighted by Gasteiger charge is -2.26. The van der Waals surface area contributed by atoms with Gasteiger partial charge in [-0.2, -0.15) is 0 Å². The van der Waals surface area contributed by atoms with Crippen LogP contribution in [0.3, 0.4) is 0 Å². The van der Waals surface area contributed by atoms with E-state index in [0.29, 0.717) is 12.1 Å². The predicted molar refractivity (Wildman–Crippen MR) is 91.1 cm³/mol. The second kappa shape index (κ2) is 10.2. The van der Waals surface area contributed by atoms with Gasteiger partial charge in [0.05, 0.1) is 19.8 Å². The Hall–Kier alpha value is -1.66. The first-order valence-corrected chi connectivity index (χ1v) is 8.35. The minimum atomic E-state index is -0.209. The number of guanidine groups is 1. The van der Waals surface area contributed by atoms with E-state index < -0.39 is 0 Å². The van der Waals surface area contributed by atoms with Crippen LogP contribution < -0.4 is 10.6 Å². The minimum Gasteiger partial charge on any atom is -0.379 e. The van der Waals surface area contributed by atoms with Crippen molar-refractivity contribution in [3.05, 3.63) is 35.6 Å². The summed E-state index contributed by atoms with van der Waals surface area (Å²) in [6.45, 7) is 8.75. The molecule has 1 aliphatic rings. The van der Waals surface area contributed by atoms with E-state index in [1.54, 1.807) is 12.1 Å². The Morgan fingerprint density at radius 3 is 2.78 bits per heavy atom. The zero-order valence-corrected chi connectivity index (χ0v) is 13.9. The van der Waals surface area contributed by atoms with Crippen LogP contribution in [-0.4, -0.2) is 56.8 Å². The Bertz CT molecular complexity index is 489. The Morgan fingerprint density at radius 1 is 1.26 bits per heavy atom. The molecule has 0 aliphatic carbocycles. The fraction of sp³-hybridized carbons (Fsp3) is 0.588. The maximum atomic E-state index is 13.6. The van der Waals surface area contributed by atoms with E-state index in [4.69, 9.17) is 4.74 Å². The zero-order chi connectivity index (χ0) is 16.3. The summed E-state index contributed by atoms with van der Waals surface area (Å²) < 4.78 is 19.0.